The molecule has 0 aliphatic heterocycles. The highest BCUT2D eigenvalue weighted by molar-refractivity contribution is 9.10. The van der Waals surface area contributed by atoms with Gasteiger partial charge in [-0.2, -0.15) is 0 Å². The van der Waals surface area contributed by atoms with Crippen molar-refractivity contribution in [3.05, 3.63) is 27.7 Å². The van der Waals surface area contributed by atoms with Crippen LogP contribution >= 0.6 is 27.5 Å². The van der Waals surface area contributed by atoms with E-state index in [0.717, 1.165) is 4.47 Å². The van der Waals surface area contributed by atoms with Crippen LogP contribution in [0.25, 0.3) is 11.4 Å². The number of nitrogens with zero attached hydrogens (tertiary/aromatic N) is 4. The quantitative estimate of drug-likeness (QED) is 0.907. The summed E-state index contributed by atoms with van der Waals surface area (Å²) < 4.78 is 2.12. The van der Waals surface area contributed by atoms with Gasteiger partial charge >= 0.3 is 5.97 Å². The van der Waals surface area contributed by atoms with Crippen molar-refractivity contribution in [1.29, 1.82) is 0 Å². The fraction of sp³-hybridized carbons (Fsp3) is 0.333. The average molecular weight is 360 g/mol. The van der Waals surface area contributed by atoms with Crippen molar-refractivity contribution in [1.82, 2.24) is 20.2 Å². The highest BCUT2D eigenvalue weighted by atomic mass is 79.9. The number of halogens is 2. The molecule has 0 aliphatic rings. The fourth-order valence-electron chi connectivity index (χ4n) is 1.75. The van der Waals surface area contributed by atoms with Crippen LogP contribution < -0.4 is 0 Å². The van der Waals surface area contributed by atoms with Crippen LogP contribution in [0.4, 0.5) is 0 Å². The monoisotopic (exact) mass is 358 g/mol. The van der Waals surface area contributed by atoms with E-state index in [1.165, 1.54) is 4.68 Å². The lowest BCUT2D eigenvalue weighted by molar-refractivity contribution is -0.147. The molecule has 0 bridgehead atoms. The zero-order valence-corrected chi connectivity index (χ0v) is 13.2. The van der Waals surface area contributed by atoms with Gasteiger partial charge < -0.3 is 5.11 Å². The first-order valence-electron chi connectivity index (χ1n) is 5.88. The Morgan fingerprint density at radius 1 is 1.55 bits per heavy atom. The number of carboxylic acids is 1. The molecule has 0 saturated heterocycles. The topological polar surface area (TPSA) is 80.9 Å². The van der Waals surface area contributed by atoms with Gasteiger partial charge in [-0.05, 0) is 42.0 Å². The van der Waals surface area contributed by atoms with Gasteiger partial charge in [0, 0.05) is 10.0 Å². The lowest BCUT2D eigenvalue weighted by Gasteiger charge is -2.24. The van der Waals surface area contributed by atoms with Crippen LogP contribution in [0, 0.1) is 0 Å². The van der Waals surface area contributed by atoms with Crippen LogP contribution in [0.2, 0.25) is 5.02 Å². The van der Waals surface area contributed by atoms with E-state index >= 15 is 0 Å². The summed E-state index contributed by atoms with van der Waals surface area (Å²) in [7, 11) is 0. The molecule has 1 heterocycles. The van der Waals surface area contributed by atoms with Crippen molar-refractivity contribution >= 4 is 33.5 Å². The van der Waals surface area contributed by atoms with Crippen LogP contribution in [0.15, 0.2) is 22.7 Å². The number of benzene rings is 1. The van der Waals surface area contributed by atoms with Gasteiger partial charge in [-0.15, -0.1) is 5.10 Å². The molecule has 1 aromatic carbocycles. The summed E-state index contributed by atoms with van der Waals surface area (Å²) in [5.74, 6) is -0.670. The second-order valence-corrected chi connectivity index (χ2v) is 5.79. The van der Waals surface area contributed by atoms with E-state index < -0.39 is 11.5 Å². The Morgan fingerprint density at radius 3 is 2.80 bits per heavy atom. The minimum absolute atomic E-state index is 0.328. The van der Waals surface area contributed by atoms with Crippen molar-refractivity contribution in [3.63, 3.8) is 0 Å². The molecule has 106 valence electrons. The molecule has 0 aliphatic carbocycles. The zero-order chi connectivity index (χ0) is 14.9. The third-order valence-electron chi connectivity index (χ3n) is 3.26. The summed E-state index contributed by atoms with van der Waals surface area (Å²) in [6.45, 7) is 3.34. The second-order valence-electron chi connectivity index (χ2n) is 4.47. The predicted octanol–water partition coefficient (Wildman–Crippen LogP) is 2.97. The van der Waals surface area contributed by atoms with Crippen LogP contribution in [0.3, 0.4) is 0 Å². The van der Waals surface area contributed by atoms with Crippen LogP contribution in [-0.2, 0) is 10.3 Å². The third-order valence-corrected chi connectivity index (χ3v) is 4.06. The van der Waals surface area contributed by atoms with Crippen molar-refractivity contribution in [2.75, 3.05) is 0 Å². The Kier molecular flexibility index (Phi) is 4.10. The Balaban J connectivity index is 2.61. The molecular weight excluding hydrogens is 348 g/mol. The van der Waals surface area contributed by atoms with E-state index in [1.807, 2.05) is 0 Å². The smallest absolute Gasteiger partial charge is 0.331 e. The van der Waals surface area contributed by atoms with Gasteiger partial charge in [0.05, 0.1) is 5.02 Å². The number of carboxylic acid groups (broad SMARTS) is 1. The second kappa shape index (κ2) is 5.49. The van der Waals surface area contributed by atoms with Crippen LogP contribution in [0.1, 0.15) is 20.3 Å². The molecule has 1 aromatic heterocycles. The molecule has 2 aromatic rings. The normalized spacial score (nSPS) is 14.0. The zero-order valence-electron chi connectivity index (χ0n) is 10.8. The number of tetrazole rings is 1. The SMILES string of the molecule is CCC(C)(C(=O)O)n1nnnc1-c1ccc(Br)cc1Cl. The summed E-state index contributed by atoms with van der Waals surface area (Å²) in [5.41, 5.74) is -0.643. The van der Waals surface area contributed by atoms with E-state index in [-0.39, 0.29) is 0 Å². The molecule has 20 heavy (non-hydrogen) atoms. The number of hydrogen-bond donors (Lipinski definition) is 1. The average Bonchev–Trinajstić information content (AvgIpc) is 2.87. The molecule has 1 unspecified atom stereocenters. The highest BCUT2D eigenvalue weighted by Crippen LogP contribution is 2.32. The number of carbonyl (C=O) groups is 1. The Labute approximate surface area is 128 Å². The molecule has 8 heteroatoms. The maximum absolute atomic E-state index is 11.5. The van der Waals surface area contributed by atoms with Crippen molar-refractivity contribution in [3.8, 4) is 11.4 Å². The maximum atomic E-state index is 11.5. The molecule has 0 saturated carbocycles. The molecule has 0 radical (unpaired) electrons. The fourth-order valence-corrected chi connectivity index (χ4v) is 2.51. The number of rotatable bonds is 4. The number of aliphatic carboxylic acids is 1. The van der Waals surface area contributed by atoms with E-state index in [2.05, 4.69) is 31.5 Å². The summed E-state index contributed by atoms with van der Waals surface area (Å²) in [6, 6.07) is 5.25. The summed E-state index contributed by atoms with van der Waals surface area (Å²) in [5, 5.41) is 21.2. The minimum atomic E-state index is -1.23. The Bertz CT molecular complexity index is 661. The molecule has 6 nitrogen and oxygen atoms in total. The molecule has 1 atom stereocenters. The van der Waals surface area contributed by atoms with Crippen molar-refractivity contribution in [2.24, 2.45) is 0 Å². The first kappa shape index (κ1) is 14.9. The van der Waals surface area contributed by atoms with Gasteiger partial charge in [0.2, 0.25) is 0 Å². The van der Waals surface area contributed by atoms with Gasteiger partial charge in [-0.25, -0.2) is 9.48 Å². The number of hydrogen-bond acceptors (Lipinski definition) is 4. The van der Waals surface area contributed by atoms with Gasteiger partial charge in [0.15, 0.2) is 11.4 Å². The first-order valence-corrected chi connectivity index (χ1v) is 7.05. The molecule has 0 amide bonds. The third kappa shape index (κ3) is 2.43. The van der Waals surface area contributed by atoms with Gasteiger partial charge in [-0.3, -0.25) is 0 Å². The maximum Gasteiger partial charge on any atom is 0.331 e. The van der Waals surface area contributed by atoms with Gasteiger partial charge in [0.25, 0.3) is 0 Å². The predicted molar refractivity (Wildman–Crippen MR) is 77.5 cm³/mol. The minimum Gasteiger partial charge on any atom is -0.479 e. The summed E-state index contributed by atoms with van der Waals surface area (Å²) in [6.07, 6.45) is 0.342. The van der Waals surface area contributed by atoms with E-state index in [0.29, 0.717) is 22.8 Å². The number of aromatic nitrogens is 4. The molecule has 0 fully saturated rings. The lowest BCUT2D eigenvalue weighted by Crippen LogP contribution is -2.39. The lowest BCUT2D eigenvalue weighted by atomic mass is 9.99. The van der Waals surface area contributed by atoms with Gasteiger partial charge in [-0.1, -0.05) is 34.5 Å². The van der Waals surface area contributed by atoms with Crippen molar-refractivity contribution in [2.45, 2.75) is 25.8 Å². The molecule has 2 rings (SSSR count). The van der Waals surface area contributed by atoms with Gasteiger partial charge in [0.1, 0.15) is 0 Å². The molecule has 0 spiro atoms. The van der Waals surface area contributed by atoms with E-state index in [9.17, 15) is 9.90 Å². The molecular formula is C12H12BrClN4O2. The first-order chi connectivity index (χ1) is 9.40. The highest BCUT2D eigenvalue weighted by Gasteiger charge is 2.37. The Morgan fingerprint density at radius 2 is 2.25 bits per heavy atom. The standard InChI is InChI=1S/C12H12BrClN4O2/c1-3-12(2,11(19)20)18-10(15-16-17-18)8-5-4-7(13)6-9(8)14/h4-6H,3H2,1-2H3,(H,19,20). The van der Waals surface area contributed by atoms with E-state index in [4.69, 9.17) is 11.6 Å². The van der Waals surface area contributed by atoms with Crippen LogP contribution in [0.5, 0.6) is 0 Å². The largest absolute Gasteiger partial charge is 0.479 e. The summed E-state index contributed by atoms with van der Waals surface area (Å²) in [4.78, 5) is 11.5. The van der Waals surface area contributed by atoms with E-state index in [1.54, 1.807) is 32.0 Å². The van der Waals surface area contributed by atoms with Crippen molar-refractivity contribution < 1.29 is 9.90 Å². The van der Waals surface area contributed by atoms with Crippen LogP contribution in [-0.4, -0.2) is 31.3 Å². The molecule has 1 N–H and O–H groups in total. The summed E-state index contributed by atoms with van der Waals surface area (Å²) >= 11 is 9.50. The Hall–Kier alpha value is -1.47.